The van der Waals surface area contributed by atoms with Crippen molar-refractivity contribution in [1.82, 2.24) is 24.9 Å². The summed E-state index contributed by atoms with van der Waals surface area (Å²) >= 11 is 0. The summed E-state index contributed by atoms with van der Waals surface area (Å²) in [4.78, 5) is 42.3. The van der Waals surface area contributed by atoms with E-state index in [1.807, 2.05) is 42.2 Å². The number of fused-ring (bicyclic) bond motifs is 1. The van der Waals surface area contributed by atoms with Crippen LogP contribution in [0, 0.1) is 0 Å². The van der Waals surface area contributed by atoms with Gasteiger partial charge in [0.05, 0.1) is 0 Å². The minimum absolute atomic E-state index is 0.119. The Bertz CT molecular complexity index is 955. The molecule has 0 radical (unpaired) electrons. The Labute approximate surface area is 182 Å². The number of rotatable bonds is 5. The van der Waals surface area contributed by atoms with Gasteiger partial charge in [0.25, 0.3) is 11.8 Å². The standard InChI is InChI=1S/C23H29N5O3/c1-2-24-21(29)19-11-6-7-13-27(19)22(30)18-15-20-23(31)26(12-8-14-28(20)25-18)16-17-9-4-3-5-10-17/h3-5,9-10,15,19H,2,6-8,11-14,16H2,1H3,(H,24,29). The van der Waals surface area contributed by atoms with Crippen LogP contribution in [0.2, 0.25) is 0 Å². The van der Waals surface area contributed by atoms with Gasteiger partial charge in [-0.15, -0.1) is 0 Å². The number of hydrogen-bond donors (Lipinski definition) is 1. The van der Waals surface area contributed by atoms with E-state index in [9.17, 15) is 14.4 Å². The number of piperidine rings is 1. The number of benzene rings is 1. The number of nitrogens with zero attached hydrogens (tertiary/aromatic N) is 4. The number of nitrogens with one attached hydrogen (secondary N) is 1. The molecule has 1 atom stereocenters. The third-order valence-electron chi connectivity index (χ3n) is 5.94. The summed E-state index contributed by atoms with van der Waals surface area (Å²) in [6, 6.07) is 11.0. The molecular weight excluding hydrogens is 394 g/mol. The van der Waals surface area contributed by atoms with E-state index in [0.29, 0.717) is 44.8 Å². The van der Waals surface area contributed by atoms with Gasteiger partial charge in [-0.05, 0) is 38.2 Å². The van der Waals surface area contributed by atoms with Crippen molar-refractivity contribution >= 4 is 17.7 Å². The molecule has 1 aromatic carbocycles. The monoisotopic (exact) mass is 423 g/mol. The summed E-state index contributed by atoms with van der Waals surface area (Å²) in [6.45, 7) is 4.68. The Morgan fingerprint density at radius 2 is 1.90 bits per heavy atom. The van der Waals surface area contributed by atoms with Crippen LogP contribution in [0.3, 0.4) is 0 Å². The predicted octanol–water partition coefficient (Wildman–Crippen LogP) is 2.06. The van der Waals surface area contributed by atoms with Gasteiger partial charge in [0, 0.05) is 38.8 Å². The molecule has 8 nitrogen and oxygen atoms in total. The maximum Gasteiger partial charge on any atom is 0.275 e. The molecule has 1 saturated heterocycles. The average Bonchev–Trinajstić information content (AvgIpc) is 3.16. The Morgan fingerprint density at radius 3 is 2.68 bits per heavy atom. The normalized spacial score (nSPS) is 19.0. The first-order chi connectivity index (χ1) is 15.1. The molecule has 2 aromatic rings. The van der Waals surface area contributed by atoms with Crippen molar-refractivity contribution in [3.8, 4) is 0 Å². The van der Waals surface area contributed by atoms with Gasteiger partial charge in [-0.25, -0.2) is 0 Å². The molecule has 0 spiro atoms. The first-order valence-corrected chi connectivity index (χ1v) is 11.1. The maximum atomic E-state index is 13.2. The summed E-state index contributed by atoms with van der Waals surface area (Å²) in [5.74, 6) is -0.521. The van der Waals surface area contributed by atoms with E-state index >= 15 is 0 Å². The molecule has 1 N–H and O–H groups in total. The van der Waals surface area contributed by atoms with Crippen molar-refractivity contribution in [2.24, 2.45) is 0 Å². The topological polar surface area (TPSA) is 87.5 Å². The van der Waals surface area contributed by atoms with Crippen molar-refractivity contribution in [3.05, 3.63) is 53.3 Å². The number of aromatic nitrogens is 2. The molecule has 1 aromatic heterocycles. The van der Waals surface area contributed by atoms with E-state index < -0.39 is 6.04 Å². The van der Waals surface area contributed by atoms with Gasteiger partial charge >= 0.3 is 0 Å². The van der Waals surface area contributed by atoms with Gasteiger partial charge < -0.3 is 15.1 Å². The van der Waals surface area contributed by atoms with Crippen LogP contribution >= 0.6 is 0 Å². The highest BCUT2D eigenvalue weighted by Crippen LogP contribution is 2.22. The van der Waals surface area contributed by atoms with Crippen molar-refractivity contribution < 1.29 is 14.4 Å². The quantitative estimate of drug-likeness (QED) is 0.798. The molecule has 8 heteroatoms. The summed E-state index contributed by atoms with van der Waals surface area (Å²) < 4.78 is 1.64. The van der Waals surface area contributed by atoms with Crippen LogP contribution in [0.1, 0.15) is 59.1 Å². The molecule has 0 bridgehead atoms. The van der Waals surface area contributed by atoms with Gasteiger partial charge in [-0.1, -0.05) is 30.3 Å². The van der Waals surface area contributed by atoms with Crippen molar-refractivity contribution in [2.45, 2.75) is 51.7 Å². The summed E-state index contributed by atoms with van der Waals surface area (Å²) in [7, 11) is 0. The maximum absolute atomic E-state index is 13.2. The molecule has 0 aliphatic carbocycles. The number of likely N-dealkylation sites (tertiary alicyclic amines) is 1. The van der Waals surface area contributed by atoms with E-state index in [1.54, 1.807) is 15.6 Å². The summed E-state index contributed by atoms with van der Waals surface area (Å²) in [6.07, 6.45) is 3.19. The lowest BCUT2D eigenvalue weighted by Crippen LogP contribution is -2.52. The van der Waals surface area contributed by atoms with Gasteiger partial charge in [0.15, 0.2) is 5.69 Å². The van der Waals surface area contributed by atoms with Crippen molar-refractivity contribution in [3.63, 3.8) is 0 Å². The third kappa shape index (κ3) is 4.47. The van der Waals surface area contributed by atoms with E-state index in [0.717, 1.165) is 24.8 Å². The highest BCUT2D eigenvalue weighted by Gasteiger charge is 2.35. The molecular formula is C23H29N5O3. The van der Waals surface area contributed by atoms with Gasteiger partial charge in [0.1, 0.15) is 11.7 Å². The lowest BCUT2D eigenvalue weighted by Gasteiger charge is -2.34. The Morgan fingerprint density at radius 1 is 1.10 bits per heavy atom. The molecule has 31 heavy (non-hydrogen) atoms. The molecule has 4 rings (SSSR count). The third-order valence-corrected chi connectivity index (χ3v) is 5.94. The second-order valence-electron chi connectivity index (χ2n) is 8.11. The van der Waals surface area contributed by atoms with Crippen LogP contribution in [0.5, 0.6) is 0 Å². The molecule has 1 fully saturated rings. The zero-order chi connectivity index (χ0) is 21.8. The van der Waals surface area contributed by atoms with Crippen LogP contribution in [0.25, 0.3) is 0 Å². The molecule has 2 aliphatic rings. The first kappa shape index (κ1) is 21.1. The fourth-order valence-corrected chi connectivity index (χ4v) is 4.38. The highest BCUT2D eigenvalue weighted by atomic mass is 16.2. The van der Waals surface area contributed by atoms with E-state index in [-0.39, 0.29) is 23.4 Å². The van der Waals surface area contributed by atoms with Gasteiger partial charge in [0.2, 0.25) is 5.91 Å². The van der Waals surface area contributed by atoms with Crippen LogP contribution < -0.4 is 5.32 Å². The molecule has 1 unspecified atom stereocenters. The summed E-state index contributed by atoms with van der Waals surface area (Å²) in [5, 5.41) is 7.29. The van der Waals surface area contributed by atoms with Crippen LogP contribution in [0.15, 0.2) is 36.4 Å². The zero-order valence-electron chi connectivity index (χ0n) is 17.9. The molecule has 0 saturated carbocycles. The fourth-order valence-electron chi connectivity index (χ4n) is 4.38. The lowest BCUT2D eigenvalue weighted by atomic mass is 10.0. The number of aryl methyl sites for hydroxylation is 1. The Kier molecular flexibility index (Phi) is 6.34. The largest absolute Gasteiger partial charge is 0.355 e. The second kappa shape index (κ2) is 9.32. The zero-order valence-corrected chi connectivity index (χ0v) is 17.9. The highest BCUT2D eigenvalue weighted by molar-refractivity contribution is 5.99. The van der Waals surface area contributed by atoms with Crippen LogP contribution in [0.4, 0.5) is 0 Å². The van der Waals surface area contributed by atoms with Crippen LogP contribution in [-0.2, 0) is 17.9 Å². The fraction of sp³-hybridized carbons (Fsp3) is 0.478. The smallest absolute Gasteiger partial charge is 0.275 e. The van der Waals surface area contributed by atoms with Gasteiger partial charge in [-0.2, -0.15) is 5.10 Å². The molecule has 3 heterocycles. The summed E-state index contributed by atoms with van der Waals surface area (Å²) in [5.41, 5.74) is 1.74. The number of hydrogen-bond acceptors (Lipinski definition) is 4. The number of likely N-dealkylation sites (N-methyl/N-ethyl adjacent to an activating group) is 1. The SMILES string of the molecule is CCNC(=O)C1CCCCN1C(=O)c1cc2n(n1)CCCN(Cc1ccccc1)C2=O. The molecule has 164 valence electrons. The van der Waals surface area contributed by atoms with Crippen molar-refractivity contribution in [1.29, 1.82) is 0 Å². The Balaban J connectivity index is 1.55. The van der Waals surface area contributed by atoms with E-state index in [1.165, 1.54) is 0 Å². The average molecular weight is 424 g/mol. The van der Waals surface area contributed by atoms with Crippen LogP contribution in [-0.4, -0.2) is 63.0 Å². The predicted molar refractivity (Wildman–Crippen MR) is 115 cm³/mol. The minimum atomic E-state index is -0.479. The molecule has 3 amide bonds. The second-order valence-corrected chi connectivity index (χ2v) is 8.11. The molecule has 2 aliphatic heterocycles. The first-order valence-electron chi connectivity index (χ1n) is 11.1. The van der Waals surface area contributed by atoms with E-state index in [4.69, 9.17) is 0 Å². The Hall–Kier alpha value is -3.16. The van der Waals surface area contributed by atoms with Gasteiger partial charge in [-0.3, -0.25) is 19.1 Å². The lowest BCUT2D eigenvalue weighted by molar-refractivity contribution is -0.126. The van der Waals surface area contributed by atoms with Crippen molar-refractivity contribution in [2.75, 3.05) is 19.6 Å². The minimum Gasteiger partial charge on any atom is -0.355 e. The number of carbonyl (C=O) groups is 3. The van der Waals surface area contributed by atoms with E-state index in [2.05, 4.69) is 10.4 Å². The number of amides is 3. The number of carbonyl (C=O) groups excluding carboxylic acids is 3.